The van der Waals surface area contributed by atoms with Crippen molar-refractivity contribution in [3.8, 4) is 0 Å². The van der Waals surface area contributed by atoms with Crippen molar-refractivity contribution in [2.45, 2.75) is 26.3 Å². The monoisotopic (exact) mass is 345 g/mol. The van der Waals surface area contributed by atoms with Crippen LogP contribution >= 0.6 is 0 Å². The van der Waals surface area contributed by atoms with Gasteiger partial charge in [0.25, 0.3) is 0 Å². The molecule has 0 spiro atoms. The predicted octanol–water partition coefficient (Wildman–Crippen LogP) is 0.167. The third-order valence-electron chi connectivity index (χ3n) is 4.05. The Morgan fingerprint density at radius 3 is 2.52 bits per heavy atom. The topological polar surface area (TPSA) is 82.8 Å². The minimum atomic E-state index is -3.09. The third kappa shape index (κ3) is 5.83. The van der Waals surface area contributed by atoms with E-state index >= 15 is 0 Å². The van der Waals surface area contributed by atoms with Crippen molar-refractivity contribution >= 4 is 10.0 Å². The summed E-state index contributed by atoms with van der Waals surface area (Å²) in [6.07, 6.45) is 1.74. The van der Waals surface area contributed by atoms with E-state index < -0.39 is 10.0 Å². The van der Waals surface area contributed by atoms with Crippen molar-refractivity contribution in [3.05, 3.63) is 11.7 Å². The SMILES string of the molecule is Cc1nc(CN2CCCN(CCCS(=O)(=O)N(C)C)CC2)no1. The summed E-state index contributed by atoms with van der Waals surface area (Å²) < 4.78 is 29.8. The average molecular weight is 345 g/mol. The lowest BCUT2D eigenvalue weighted by molar-refractivity contribution is 0.245. The Morgan fingerprint density at radius 1 is 1.17 bits per heavy atom. The zero-order chi connectivity index (χ0) is 16.9. The first-order valence-electron chi connectivity index (χ1n) is 8.01. The molecule has 8 nitrogen and oxygen atoms in total. The highest BCUT2D eigenvalue weighted by atomic mass is 32.2. The second-order valence-electron chi connectivity index (χ2n) is 6.15. The van der Waals surface area contributed by atoms with Crippen molar-refractivity contribution in [2.24, 2.45) is 0 Å². The second kappa shape index (κ2) is 8.18. The van der Waals surface area contributed by atoms with E-state index in [1.165, 1.54) is 4.31 Å². The lowest BCUT2D eigenvalue weighted by Crippen LogP contribution is -2.33. The van der Waals surface area contributed by atoms with Crippen LogP contribution in [-0.2, 0) is 16.6 Å². The van der Waals surface area contributed by atoms with Crippen LogP contribution in [0.3, 0.4) is 0 Å². The van der Waals surface area contributed by atoms with Crippen LogP contribution in [-0.4, -0.2) is 85.2 Å². The van der Waals surface area contributed by atoms with E-state index in [1.807, 2.05) is 0 Å². The van der Waals surface area contributed by atoms with E-state index in [4.69, 9.17) is 4.52 Å². The molecule has 1 aromatic heterocycles. The Balaban J connectivity index is 1.73. The number of aryl methyl sites for hydroxylation is 1. The molecule has 0 unspecified atom stereocenters. The molecule has 1 saturated heterocycles. The zero-order valence-electron chi connectivity index (χ0n) is 14.2. The van der Waals surface area contributed by atoms with Gasteiger partial charge in [-0.2, -0.15) is 4.98 Å². The molecule has 0 bridgehead atoms. The highest BCUT2D eigenvalue weighted by Crippen LogP contribution is 2.08. The van der Waals surface area contributed by atoms with Gasteiger partial charge in [0.1, 0.15) is 0 Å². The van der Waals surface area contributed by atoms with Gasteiger partial charge in [-0.15, -0.1) is 0 Å². The highest BCUT2D eigenvalue weighted by molar-refractivity contribution is 7.89. The number of rotatable bonds is 7. The highest BCUT2D eigenvalue weighted by Gasteiger charge is 2.18. The number of hydrogen-bond acceptors (Lipinski definition) is 7. The van der Waals surface area contributed by atoms with E-state index in [0.29, 0.717) is 18.9 Å². The Labute approximate surface area is 138 Å². The van der Waals surface area contributed by atoms with Crippen LogP contribution in [0.2, 0.25) is 0 Å². The average Bonchev–Trinajstić information content (AvgIpc) is 2.75. The second-order valence-corrected chi connectivity index (χ2v) is 8.46. The molecule has 1 aliphatic rings. The quantitative estimate of drug-likeness (QED) is 0.696. The fourth-order valence-electron chi connectivity index (χ4n) is 2.66. The van der Waals surface area contributed by atoms with Crippen LogP contribution in [0.15, 0.2) is 4.52 Å². The molecule has 2 heterocycles. The van der Waals surface area contributed by atoms with Crippen molar-refractivity contribution < 1.29 is 12.9 Å². The molecule has 0 aromatic carbocycles. The standard InChI is InChI=1S/C14H27N5O3S/c1-13-15-14(16-22-13)12-19-7-4-6-18(9-10-19)8-5-11-23(20,21)17(2)3/h4-12H2,1-3H3. The molecule has 0 saturated carbocycles. The normalized spacial score (nSPS) is 18.4. The van der Waals surface area contributed by atoms with Gasteiger partial charge in [-0.05, 0) is 32.5 Å². The summed E-state index contributed by atoms with van der Waals surface area (Å²) in [5, 5.41) is 3.94. The number of sulfonamides is 1. The zero-order valence-corrected chi connectivity index (χ0v) is 15.0. The molecule has 0 amide bonds. The van der Waals surface area contributed by atoms with Gasteiger partial charge in [-0.25, -0.2) is 12.7 Å². The third-order valence-corrected chi connectivity index (χ3v) is 5.97. The van der Waals surface area contributed by atoms with Gasteiger partial charge in [-0.1, -0.05) is 5.16 Å². The Hall–Kier alpha value is -1.03. The van der Waals surface area contributed by atoms with Crippen LogP contribution in [0.1, 0.15) is 24.6 Å². The molecule has 132 valence electrons. The number of hydrogen-bond donors (Lipinski definition) is 0. The lowest BCUT2D eigenvalue weighted by Gasteiger charge is -2.21. The molecule has 0 radical (unpaired) electrons. The van der Waals surface area contributed by atoms with Crippen molar-refractivity contribution in [1.82, 2.24) is 24.2 Å². The Morgan fingerprint density at radius 2 is 1.87 bits per heavy atom. The maximum Gasteiger partial charge on any atom is 0.223 e. The largest absolute Gasteiger partial charge is 0.340 e. The van der Waals surface area contributed by atoms with Gasteiger partial charge in [0, 0.05) is 34.1 Å². The first-order valence-corrected chi connectivity index (χ1v) is 9.62. The number of aromatic nitrogens is 2. The Kier molecular flexibility index (Phi) is 6.51. The van der Waals surface area contributed by atoms with Gasteiger partial charge in [-0.3, -0.25) is 4.90 Å². The first kappa shape index (κ1) is 18.3. The molecule has 2 rings (SSSR count). The molecule has 0 atom stereocenters. The predicted molar refractivity (Wildman–Crippen MR) is 87.5 cm³/mol. The molecule has 1 aliphatic heterocycles. The summed E-state index contributed by atoms with van der Waals surface area (Å²) in [5.74, 6) is 1.54. The molecule has 1 fully saturated rings. The van der Waals surface area contributed by atoms with Crippen LogP contribution in [0.5, 0.6) is 0 Å². The summed E-state index contributed by atoms with van der Waals surface area (Å²) >= 11 is 0. The molecule has 0 aliphatic carbocycles. The van der Waals surface area contributed by atoms with E-state index in [-0.39, 0.29) is 5.75 Å². The van der Waals surface area contributed by atoms with Crippen molar-refractivity contribution in [2.75, 3.05) is 52.6 Å². The molecular formula is C14H27N5O3S. The van der Waals surface area contributed by atoms with E-state index in [1.54, 1.807) is 21.0 Å². The summed E-state index contributed by atoms with van der Waals surface area (Å²) in [4.78, 5) is 8.90. The lowest BCUT2D eigenvalue weighted by atomic mass is 10.3. The number of nitrogens with zero attached hydrogens (tertiary/aromatic N) is 5. The van der Waals surface area contributed by atoms with Crippen LogP contribution < -0.4 is 0 Å². The Bertz CT molecular complexity index is 587. The van der Waals surface area contributed by atoms with E-state index in [2.05, 4.69) is 19.9 Å². The summed E-state index contributed by atoms with van der Waals surface area (Å²) in [6, 6.07) is 0. The van der Waals surface area contributed by atoms with Gasteiger partial charge in [0.15, 0.2) is 5.82 Å². The molecule has 0 N–H and O–H groups in total. The molecule has 9 heteroatoms. The smallest absolute Gasteiger partial charge is 0.223 e. The fourth-order valence-corrected chi connectivity index (χ4v) is 3.52. The van der Waals surface area contributed by atoms with E-state index in [0.717, 1.165) is 45.0 Å². The summed E-state index contributed by atoms with van der Waals surface area (Å²) in [5.41, 5.74) is 0. The minimum absolute atomic E-state index is 0.211. The fraction of sp³-hybridized carbons (Fsp3) is 0.857. The summed E-state index contributed by atoms with van der Waals surface area (Å²) in [7, 11) is 0.0763. The first-order chi connectivity index (χ1) is 10.9. The summed E-state index contributed by atoms with van der Waals surface area (Å²) in [6.45, 7) is 7.21. The minimum Gasteiger partial charge on any atom is -0.340 e. The van der Waals surface area contributed by atoms with Gasteiger partial charge >= 0.3 is 0 Å². The van der Waals surface area contributed by atoms with Gasteiger partial charge < -0.3 is 9.42 Å². The van der Waals surface area contributed by atoms with Crippen molar-refractivity contribution in [1.29, 1.82) is 0 Å². The molecule has 1 aromatic rings. The van der Waals surface area contributed by atoms with Gasteiger partial charge in [0.2, 0.25) is 15.9 Å². The van der Waals surface area contributed by atoms with E-state index in [9.17, 15) is 8.42 Å². The van der Waals surface area contributed by atoms with Crippen molar-refractivity contribution in [3.63, 3.8) is 0 Å². The van der Waals surface area contributed by atoms with Gasteiger partial charge in [0.05, 0.1) is 12.3 Å². The maximum atomic E-state index is 11.8. The van der Waals surface area contributed by atoms with Crippen LogP contribution in [0.4, 0.5) is 0 Å². The molecular weight excluding hydrogens is 318 g/mol. The van der Waals surface area contributed by atoms with Crippen LogP contribution in [0.25, 0.3) is 0 Å². The maximum absolute atomic E-state index is 11.8. The van der Waals surface area contributed by atoms with Crippen LogP contribution in [0, 0.1) is 6.92 Å². The molecule has 23 heavy (non-hydrogen) atoms.